The fourth-order valence-electron chi connectivity index (χ4n) is 1.71. The van der Waals surface area contributed by atoms with E-state index in [4.69, 9.17) is 10.5 Å². The van der Waals surface area contributed by atoms with Gasteiger partial charge in [0.05, 0.1) is 0 Å². The van der Waals surface area contributed by atoms with Gasteiger partial charge in [-0.3, -0.25) is 0 Å². The molecule has 0 aliphatic rings. The smallest absolute Gasteiger partial charge is 0.122 e. The quantitative estimate of drug-likeness (QED) is 0.815. The molecule has 0 aliphatic carbocycles. The molecule has 17 heavy (non-hydrogen) atoms. The van der Waals surface area contributed by atoms with Crippen LogP contribution in [0, 0.1) is 13.8 Å². The van der Waals surface area contributed by atoms with Crippen LogP contribution in [0.5, 0.6) is 5.75 Å². The van der Waals surface area contributed by atoms with Gasteiger partial charge in [0.2, 0.25) is 0 Å². The molecule has 0 atom stereocenters. The van der Waals surface area contributed by atoms with Crippen LogP contribution in [-0.4, -0.2) is 0 Å². The topological polar surface area (TPSA) is 35.2 Å². The Morgan fingerprint density at radius 2 is 1.88 bits per heavy atom. The number of nitrogens with two attached hydrogens (primary N) is 1. The SMILES string of the molecule is Cc1ccc(C)c(OCc2cccc(N)c2)c1. The summed E-state index contributed by atoms with van der Waals surface area (Å²) in [6.07, 6.45) is 0. The zero-order valence-electron chi connectivity index (χ0n) is 10.2. The van der Waals surface area contributed by atoms with Gasteiger partial charge in [-0.2, -0.15) is 0 Å². The molecule has 2 heteroatoms. The second-order valence-electron chi connectivity index (χ2n) is 4.30. The first kappa shape index (κ1) is 11.5. The van der Waals surface area contributed by atoms with E-state index >= 15 is 0 Å². The van der Waals surface area contributed by atoms with E-state index in [1.54, 1.807) is 0 Å². The molecule has 2 N–H and O–H groups in total. The summed E-state index contributed by atoms with van der Waals surface area (Å²) in [5.41, 5.74) is 9.94. The maximum atomic E-state index is 5.80. The highest BCUT2D eigenvalue weighted by atomic mass is 16.5. The summed E-state index contributed by atoms with van der Waals surface area (Å²) in [7, 11) is 0. The Bertz CT molecular complexity index is 520. The average Bonchev–Trinajstić information content (AvgIpc) is 2.30. The third-order valence-electron chi connectivity index (χ3n) is 2.69. The molecule has 0 heterocycles. The molecule has 0 aromatic heterocycles. The minimum atomic E-state index is 0.551. The van der Waals surface area contributed by atoms with Crippen molar-refractivity contribution in [3.63, 3.8) is 0 Å². The summed E-state index contributed by atoms with van der Waals surface area (Å²) >= 11 is 0. The van der Waals surface area contributed by atoms with Crippen molar-refractivity contribution in [1.82, 2.24) is 0 Å². The van der Waals surface area contributed by atoms with Crippen molar-refractivity contribution in [3.05, 3.63) is 59.2 Å². The molecule has 0 saturated carbocycles. The van der Waals surface area contributed by atoms with E-state index in [2.05, 4.69) is 25.1 Å². The minimum absolute atomic E-state index is 0.551. The van der Waals surface area contributed by atoms with Gasteiger partial charge in [-0.1, -0.05) is 24.3 Å². The van der Waals surface area contributed by atoms with Crippen LogP contribution < -0.4 is 10.5 Å². The summed E-state index contributed by atoms with van der Waals surface area (Å²) < 4.78 is 5.80. The number of rotatable bonds is 3. The number of hydrogen-bond donors (Lipinski definition) is 1. The third kappa shape index (κ3) is 3.00. The van der Waals surface area contributed by atoms with E-state index in [-0.39, 0.29) is 0 Å². The number of benzene rings is 2. The van der Waals surface area contributed by atoms with Crippen molar-refractivity contribution in [2.75, 3.05) is 5.73 Å². The Labute approximate surface area is 102 Å². The van der Waals surface area contributed by atoms with Gasteiger partial charge < -0.3 is 10.5 Å². The highest BCUT2D eigenvalue weighted by Gasteiger charge is 2.00. The van der Waals surface area contributed by atoms with Crippen molar-refractivity contribution in [3.8, 4) is 5.75 Å². The second kappa shape index (κ2) is 4.91. The minimum Gasteiger partial charge on any atom is -0.489 e. The molecular formula is C15H17NO. The highest BCUT2D eigenvalue weighted by Crippen LogP contribution is 2.20. The van der Waals surface area contributed by atoms with Gasteiger partial charge in [0, 0.05) is 5.69 Å². The fraction of sp³-hybridized carbons (Fsp3) is 0.200. The molecule has 2 nitrogen and oxygen atoms in total. The van der Waals surface area contributed by atoms with Crippen LogP contribution in [0.2, 0.25) is 0 Å². The molecule has 2 aromatic carbocycles. The lowest BCUT2D eigenvalue weighted by atomic mass is 10.1. The Balaban J connectivity index is 2.09. The molecule has 0 radical (unpaired) electrons. The fourth-order valence-corrected chi connectivity index (χ4v) is 1.71. The molecule has 0 aliphatic heterocycles. The lowest BCUT2D eigenvalue weighted by Gasteiger charge is -2.10. The number of nitrogen functional groups attached to an aromatic ring is 1. The molecule has 0 spiro atoms. The summed E-state index contributed by atoms with van der Waals surface area (Å²) in [5, 5.41) is 0. The van der Waals surface area contributed by atoms with Crippen molar-refractivity contribution in [2.24, 2.45) is 0 Å². The highest BCUT2D eigenvalue weighted by molar-refractivity contribution is 5.41. The lowest BCUT2D eigenvalue weighted by molar-refractivity contribution is 0.304. The van der Waals surface area contributed by atoms with E-state index in [0.29, 0.717) is 6.61 Å². The van der Waals surface area contributed by atoms with Gasteiger partial charge >= 0.3 is 0 Å². The number of anilines is 1. The largest absolute Gasteiger partial charge is 0.489 e. The van der Waals surface area contributed by atoms with Gasteiger partial charge in [-0.05, 0) is 48.7 Å². The molecule has 2 rings (SSSR count). The van der Waals surface area contributed by atoms with Crippen LogP contribution in [0.25, 0.3) is 0 Å². The van der Waals surface area contributed by atoms with Crippen molar-refractivity contribution in [2.45, 2.75) is 20.5 Å². The Morgan fingerprint density at radius 3 is 2.65 bits per heavy atom. The molecule has 2 aromatic rings. The first-order valence-corrected chi connectivity index (χ1v) is 5.69. The number of aryl methyl sites for hydroxylation is 2. The predicted molar refractivity (Wildman–Crippen MR) is 71.1 cm³/mol. The average molecular weight is 227 g/mol. The van der Waals surface area contributed by atoms with Gasteiger partial charge in [0.15, 0.2) is 0 Å². The first-order valence-electron chi connectivity index (χ1n) is 5.69. The Kier molecular flexibility index (Phi) is 3.33. The van der Waals surface area contributed by atoms with E-state index in [0.717, 1.165) is 22.6 Å². The van der Waals surface area contributed by atoms with Gasteiger partial charge in [-0.25, -0.2) is 0 Å². The molecule has 0 saturated heterocycles. The van der Waals surface area contributed by atoms with Crippen molar-refractivity contribution >= 4 is 5.69 Å². The third-order valence-corrected chi connectivity index (χ3v) is 2.69. The lowest BCUT2D eigenvalue weighted by Crippen LogP contribution is -1.98. The zero-order chi connectivity index (χ0) is 12.3. The normalized spacial score (nSPS) is 10.2. The molecule has 0 bridgehead atoms. The van der Waals surface area contributed by atoms with Crippen LogP contribution in [0.3, 0.4) is 0 Å². The Hall–Kier alpha value is -1.96. The monoisotopic (exact) mass is 227 g/mol. The van der Waals surface area contributed by atoms with Crippen LogP contribution in [0.4, 0.5) is 5.69 Å². The van der Waals surface area contributed by atoms with E-state index in [1.165, 1.54) is 5.56 Å². The van der Waals surface area contributed by atoms with Crippen LogP contribution in [0.1, 0.15) is 16.7 Å². The molecular weight excluding hydrogens is 210 g/mol. The summed E-state index contributed by atoms with van der Waals surface area (Å²) in [6, 6.07) is 14.0. The van der Waals surface area contributed by atoms with Crippen LogP contribution in [-0.2, 0) is 6.61 Å². The standard InChI is InChI=1S/C15H17NO/c1-11-6-7-12(2)15(8-11)17-10-13-4-3-5-14(16)9-13/h3-9H,10,16H2,1-2H3. The van der Waals surface area contributed by atoms with Crippen LogP contribution >= 0.6 is 0 Å². The van der Waals surface area contributed by atoms with E-state index in [9.17, 15) is 0 Å². The first-order chi connectivity index (χ1) is 8.15. The summed E-state index contributed by atoms with van der Waals surface area (Å²) in [5.74, 6) is 0.937. The van der Waals surface area contributed by atoms with E-state index < -0.39 is 0 Å². The molecule has 0 amide bonds. The molecule has 0 unspecified atom stereocenters. The van der Waals surface area contributed by atoms with Crippen molar-refractivity contribution in [1.29, 1.82) is 0 Å². The second-order valence-corrected chi connectivity index (χ2v) is 4.30. The number of ether oxygens (including phenoxy) is 1. The number of hydrogen-bond acceptors (Lipinski definition) is 2. The zero-order valence-corrected chi connectivity index (χ0v) is 10.2. The van der Waals surface area contributed by atoms with Crippen molar-refractivity contribution < 1.29 is 4.74 Å². The summed E-state index contributed by atoms with van der Waals surface area (Å²) in [4.78, 5) is 0. The van der Waals surface area contributed by atoms with E-state index in [1.807, 2.05) is 31.2 Å². The summed E-state index contributed by atoms with van der Waals surface area (Å²) in [6.45, 7) is 4.66. The Morgan fingerprint density at radius 1 is 1.06 bits per heavy atom. The van der Waals surface area contributed by atoms with Gasteiger partial charge in [0.25, 0.3) is 0 Å². The van der Waals surface area contributed by atoms with Crippen LogP contribution in [0.15, 0.2) is 42.5 Å². The maximum Gasteiger partial charge on any atom is 0.122 e. The molecule has 88 valence electrons. The van der Waals surface area contributed by atoms with Gasteiger partial charge in [0.1, 0.15) is 12.4 Å². The van der Waals surface area contributed by atoms with Gasteiger partial charge in [-0.15, -0.1) is 0 Å². The molecule has 0 fully saturated rings. The maximum absolute atomic E-state index is 5.80. The predicted octanol–water partition coefficient (Wildman–Crippen LogP) is 3.46.